The number of aliphatic imine (C=N–C) groups is 1. The summed E-state index contributed by atoms with van der Waals surface area (Å²) in [6.45, 7) is 3.43. The van der Waals surface area contributed by atoms with Crippen LogP contribution in [0.5, 0.6) is 0 Å². The van der Waals surface area contributed by atoms with Crippen molar-refractivity contribution in [3.05, 3.63) is 35.6 Å². The van der Waals surface area contributed by atoms with Crippen molar-refractivity contribution in [1.29, 1.82) is 0 Å². The molecule has 1 aromatic rings. The highest BCUT2D eigenvalue weighted by Gasteiger charge is 2.20. The van der Waals surface area contributed by atoms with Gasteiger partial charge in [0.2, 0.25) is 0 Å². The van der Waals surface area contributed by atoms with Crippen molar-refractivity contribution in [2.45, 2.75) is 50.8 Å². The van der Waals surface area contributed by atoms with E-state index in [1.165, 1.54) is 12.1 Å². The maximum atomic E-state index is 13.2. The number of nitrogens with one attached hydrogen (secondary N) is 2. The molecule has 1 fully saturated rings. The molecule has 1 atom stereocenters. The maximum Gasteiger partial charge on any atom is 0.191 e. The van der Waals surface area contributed by atoms with Crippen LogP contribution in [0.25, 0.3) is 0 Å². The van der Waals surface area contributed by atoms with Crippen LogP contribution >= 0.6 is 0 Å². The first kappa shape index (κ1) is 19.7. The fourth-order valence-corrected chi connectivity index (χ4v) is 3.16. The van der Waals surface area contributed by atoms with Crippen LogP contribution in [0.2, 0.25) is 0 Å². The van der Waals surface area contributed by atoms with E-state index < -0.39 is 0 Å². The second kappa shape index (κ2) is 9.73. The summed E-state index contributed by atoms with van der Waals surface area (Å²) in [5, 5.41) is 16.4. The zero-order valence-corrected chi connectivity index (χ0v) is 15.5. The maximum absolute atomic E-state index is 13.2. The van der Waals surface area contributed by atoms with Crippen molar-refractivity contribution in [1.82, 2.24) is 15.5 Å². The van der Waals surface area contributed by atoms with Gasteiger partial charge in [0.1, 0.15) is 5.82 Å². The summed E-state index contributed by atoms with van der Waals surface area (Å²) in [6, 6.07) is 7.06. The number of aliphatic hydroxyl groups is 1. The molecule has 1 unspecified atom stereocenters. The standard InChI is InChI=1S/C19H31FN4O/c1-4-21-19(23-16-9-11-17(25)12-10-16)22-13-18(24(2)3)14-5-7-15(20)8-6-14/h5-8,16-18,25H,4,9-13H2,1-3H3,(H2,21,22,23). The average Bonchev–Trinajstić information content (AvgIpc) is 2.58. The molecule has 0 aliphatic heterocycles. The number of hydrogen-bond donors (Lipinski definition) is 3. The van der Waals surface area contributed by atoms with Gasteiger partial charge in [-0.05, 0) is 64.4 Å². The molecular weight excluding hydrogens is 319 g/mol. The van der Waals surface area contributed by atoms with Crippen molar-refractivity contribution in [2.75, 3.05) is 27.2 Å². The Bertz CT molecular complexity index is 539. The first-order chi connectivity index (χ1) is 12.0. The zero-order chi connectivity index (χ0) is 18.2. The van der Waals surface area contributed by atoms with Crippen molar-refractivity contribution in [3.63, 3.8) is 0 Å². The second-order valence-electron chi connectivity index (χ2n) is 6.90. The lowest BCUT2D eigenvalue weighted by molar-refractivity contribution is 0.120. The molecule has 0 amide bonds. The smallest absolute Gasteiger partial charge is 0.191 e. The summed E-state index contributed by atoms with van der Waals surface area (Å²) in [6.07, 6.45) is 3.44. The largest absolute Gasteiger partial charge is 0.393 e. The van der Waals surface area contributed by atoms with Crippen molar-refractivity contribution in [2.24, 2.45) is 4.99 Å². The number of hydrogen-bond acceptors (Lipinski definition) is 3. The minimum Gasteiger partial charge on any atom is -0.393 e. The van der Waals surface area contributed by atoms with Gasteiger partial charge in [0, 0.05) is 12.6 Å². The van der Waals surface area contributed by atoms with E-state index in [0.29, 0.717) is 12.6 Å². The molecule has 2 rings (SSSR count). The molecule has 1 saturated carbocycles. The molecule has 0 saturated heterocycles. The molecular formula is C19H31FN4O. The topological polar surface area (TPSA) is 59.9 Å². The first-order valence-electron chi connectivity index (χ1n) is 9.14. The van der Waals surface area contributed by atoms with Crippen LogP contribution in [-0.4, -0.2) is 55.3 Å². The first-order valence-corrected chi connectivity index (χ1v) is 9.14. The number of guanidine groups is 1. The molecule has 0 spiro atoms. The van der Waals surface area contributed by atoms with Gasteiger partial charge in [-0.25, -0.2) is 4.39 Å². The van der Waals surface area contributed by atoms with Crippen molar-refractivity contribution >= 4 is 5.96 Å². The minimum absolute atomic E-state index is 0.0873. The van der Waals surface area contributed by atoms with Gasteiger partial charge < -0.3 is 20.6 Å². The van der Waals surface area contributed by atoms with Gasteiger partial charge in [0.15, 0.2) is 5.96 Å². The molecule has 5 nitrogen and oxygen atoms in total. The fourth-order valence-electron chi connectivity index (χ4n) is 3.16. The van der Waals surface area contributed by atoms with E-state index in [-0.39, 0.29) is 18.0 Å². The van der Waals surface area contributed by atoms with Gasteiger partial charge in [-0.1, -0.05) is 12.1 Å². The van der Waals surface area contributed by atoms with Gasteiger partial charge in [0.05, 0.1) is 18.7 Å². The molecule has 3 N–H and O–H groups in total. The molecule has 0 aromatic heterocycles. The van der Waals surface area contributed by atoms with Gasteiger partial charge in [-0.15, -0.1) is 0 Å². The summed E-state index contributed by atoms with van der Waals surface area (Å²) >= 11 is 0. The predicted octanol–water partition coefficient (Wildman–Crippen LogP) is 2.29. The van der Waals surface area contributed by atoms with E-state index >= 15 is 0 Å². The van der Waals surface area contributed by atoms with Crippen LogP contribution in [0.15, 0.2) is 29.3 Å². The Morgan fingerprint density at radius 2 is 1.88 bits per heavy atom. The molecule has 1 aliphatic rings. The molecule has 6 heteroatoms. The van der Waals surface area contributed by atoms with E-state index in [1.54, 1.807) is 0 Å². The molecule has 0 radical (unpaired) electrons. The third-order valence-corrected chi connectivity index (χ3v) is 4.68. The Labute approximate surface area is 150 Å². The number of rotatable bonds is 6. The lowest BCUT2D eigenvalue weighted by atomic mass is 9.93. The Morgan fingerprint density at radius 3 is 2.44 bits per heavy atom. The van der Waals surface area contributed by atoms with E-state index in [0.717, 1.165) is 43.8 Å². The van der Waals surface area contributed by atoms with Gasteiger partial charge in [-0.2, -0.15) is 0 Å². The number of nitrogens with zero attached hydrogens (tertiary/aromatic N) is 2. The Hall–Kier alpha value is -1.66. The van der Waals surface area contributed by atoms with Crippen molar-refractivity contribution < 1.29 is 9.50 Å². The summed E-state index contributed by atoms with van der Waals surface area (Å²) in [5.74, 6) is 0.581. The second-order valence-corrected chi connectivity index (χ2v) is 6.90. The quantitative estimate of drug-likeness (QED) is 0.544. The van der Waals surface area contributed by atoms with E-state index in [9.17, 15) is 9.50 Å². The Kier molecular flexibility index (Phi) is 7.65. The van der Waals surface area contributed by atoms with Crippen LogP contribution < -0.4 is 10.6 Å². The summed E-state index contributed by atoms with van der Waals surface area (Å²) in [5.41, 5.74) is 1.05. The SMILES string of the molecule is CCNC(=NCC(c1ccc(F)cc1)N(C)C)NC1CCC(O)CC1. The fraction of sp³-hybridized carbons (Fsp3) is 0.632. The number of aliphatic hydroxyl groups excluding tert-OH is 1. The molecule has 0 bridgehead atoms. The van der Waals surface area contributed by atoms with Crippen LogP contribution in [0.4, 0.5) is 4.39 Å². The highest BCUT2D eigenvalue weighted by atomic mass is 19.1. The van der Waals surface area contributed by atoms with E-state index in [2.05, 4.69) is 15.5 Å². The van der Waals surface area contributed by atoms with E-state index in [1.807, 2.05) is 33.2 Å². The molecule has 0 heterocycles. The molecule has 140 valence electrons. The van der Waals surface area contributed by atoms with Crippen LogP contribution in [0.1, 0.15) is 44.2 Å². The Balaban J connectivity index is 2.02. The van der Waals surface area contributed by atoms with E-state index in [4.69, 9.17) is 4.99 Å². The highest BCUT2D eigenvalue weighted by Crippen LogP contribution is 2.20. The average molecular weight is 350 g/mol. The monoisotopic (exact) mass is 350 g/mol. The normalized spacial score (nSPS) is 22.7. The number of benzene rings is 1. The van der Waals surface area contributed by atoms with Gasteiger partial charge in [-0.3, -0.25) is 4.99 Å². The lowest BCUT2D eigenvalue weighted by Crippen LogP contribution is -2.45. The third-order valence-electron chi connectivity index (χ3n) is 4.68. The van der Waals surface area contributed by atoms with Crippen LogP contribution in [0.3, 0.4) is 0 Å². The minimum atomic E-state index is -0.223. The zero-order valence-electron chi connectivity index (χ0n) is 15.5. The van der Waals surface area contributed by atoms with Crippen molar-refractivity contribution in [3.8, 4) is 0 Å². The summed E-state index contributed by atoms with van der Waals surface area (Å²) in [7, 11) is 4.01. The highest BCUT2D eigenvalue weighted by molar-refractivity contribution is 5.80. The molecule has 1 aliphatic carbocycles. The number of halogens is 1. The summed E-state index contributed by atoms with van der Waals surface area (Å²) < 4.78 is 13.2. The number of likely N-dealkylation sites (N-methyl/N-ethyl adjacent to an activating group) is 1. The van der Waals surface area contributed by atoms with Gasteiger partial charge >= 0.3 is 0 Å². The predicted molar refractivity (Wildman–Crippen MR) is 100 cm³/mol. The van der Waals surface area contributed by atoms with Gasteiger partial charge in [0.25, 0.3) is 0 Å². The third kappa shape index (κ3) is 6.29. The van der Waals surface area contributed by atoms with Crippen LogP contribution in [-0.2, 0) is 0 Å². The van der Waals surface area contributed by atoms with Crippen LogP contribution in [0, 0.1) is 5.82 Å². The Morgan fingerprint density at radius 1 is 1.24 bits per heavy atom. The lowest BCUT2D eigenvalue weighted by Gasteiger charge is -2.28. The molecule has 1 aromatic carbocycles. The summed E-state index contributed by atoms with van der Waals surface area (Å²) in [4.78, 5) is 6.84. The molecule has 25 heavy (non-hydrogen) atoms.